The van der Waals surface area contributed by atoms with E-state index in [0.717, 1.165) is 4.47 Å². The first kappa shape index (κ1) is 16.1. The molecule has 1 unspecified atom stereocenters. The summed E-state index contributed by atoms with van der Waals surface area (Å²) in [6, 6.07) is 0. The van der Waals surface area contributed by atoms with Crippen molar-refractivity contribution < 1.29 is 13.3 Å². The van der Waals surface area contributed by atoms with E-state index in [0.29, 0.717) is 12.2 Å². The van der Waals surface area contributed by atoms with Crippen molar-refractivity contribution in [3.05, 3.63) is 35.5 Å². The van der Waals surface area contributed by atoms with Crippen LogP contribution in [0.2, 0.25) is 0 Å². The molecule has 8 heteroatoms. The molecule has 0 aromatic rings. The van der Waals surface area contributed by atoms with Crippen LogP contribution in [0.5, 0.6) is 0 Å². The Labute approximate surface area is 119 Å². The van der Waals surface area contributed by atoms with Crippen LogP contribution in [-0.4, -0.2) is 37.8 Å². The van der Waals surface area contributed by atoms with Crippen LogP contribution in [0, 0.1) is 0 Å². The number of rotatable bonds is 6. The van der Waals surface area contributed by atoms with Crippen molar-refractivity contribution in [3.8, 4) is 0 Å². The second-order valence-corrected chi connectivity index (χ2v) is 6.42. The molecule has 0 aromatic heterocycles. The largest absolute Gasteiger partial charge is 0.388 e. The summed E-state index contributed by atoms with van der Waals surface area (Å²) in [5.74, 6) is 0. The van der Waals surface area contributed by atoms with Gasteiger partial charge in [-0.25, -0.2) is 8.42 Å². The lowest BCUT2D eigenvalue weighted by Crippen LogP contribution is -2.31. The standard InChI is InChI=1S/C11H19N3O3S2/c1-3-9(13-4-2)5-6-11(12)19(15,16)14-7-10(18)8-17-14/h3,5-6,10,13,18H,1,4,7-8,12H2,2H3/b9-5+,11-6+. The van der Waals surface area contributed by atoms with Crippen LogP contribution in [0.3, 0.4) is 0 Å². The molecule has 3 N–H and O–H groups in total. The minimum absolute atomic E-state index is 0.136. The van der Waals surface area contributed by atoms with Gasteiger partial charge in [0.15, 0.2) is 0 Å². The van der Waals surface area contributed by atoms with Crippen molar-refractivity contribution in [2.75, 3.05) is 19.7 Å². The Morgan fingerprint density at radius 2 is 2.32 bits per heavy atom. The van der Waals surface area contributed by atoms with Crippen LogP contribution in [0.25, 0.3) is 0 Å². The third-order valence-corrected chi connectivity index (χ3v) is 4.20. The van der Waals surface area contributed by atoms with Crippen LogP contribution < -0.4 is 11.1 Å². The van der Waals surface area contributed by atoms with E-state index < -0.39 is 10.0 Å². The molecule has 19 heavy (non-hydrogen) atoms. The first-order valence-electron chi connectivity index (χ1n) is 5.79. The van der Waals surface area contributed by atoms with Crippen molar-refractivity contribution in [2.45, 2.75) is 12.2 Å². The van der Waals surface area contributed by atoms with E-state index >= 15 is 0 Å². The molecule has 1 heterocycles. The Morgan fingerprint density at radius 3 is 2.79 bits per heavy atom. The number of allylic oxidation sites excluding steroid dienone is 3. The molecule has 1 atom stereocenters. The van der Waals surface area contributed by atoms with Crippen molar-refractivity contribution >= 4 is 22.7 Å². The van der Waals surface area contributed by atoms with Crippen LogP contribution in [-0.2, 0) is 14.9 Å². The first-order valence-corrected chi connectivity index (χ1v) is 7.75. The molecule has 0 amide bonds. The van der Waals surface area contributed by atoms with Crippen molar-refractivity contribution in [3.63, 3.8) is 0 Å². The predicted octanol–water partition coefficient (Wildman–Crippen LogP) is 0.341. The van der Waals surface area contributed by atoms with Crippen molar-refractivity contribution in [2.24, 2.45) is 5.73 Å². The number of thiol groups is 1. The third-order valence-electron chi connectivity index (χ3n) is 2.36. The maximum Gasteiger partial charge on any atom is 0.279 e. The predicted molar refractivity (Wildman–Crippen MR) is 78.6 cm³/mol. The van der Waals surface area contributed by atoms with Gasteiger partial charge in [0.25, 0.3) is 10.0 Å². The van der Waals surface area contributed by atoms with Gasteiger partial charge in [0.1, 0.15) is 5.03 Å². The highest BCUT2D eigenvalue weighted by molar-refractivity contribution is 7.92. The summed E-state index contributed by atoms with van der Waals surface area (Å²) in [6.07, 6.45) is 4.44. The average molecular weight is 305 g/mol. The van der Waals surface area contributed by atoms with E-state index in [1.54, 1.807) is 12.2 Å². The molecule has 6 nitrogen and oxygen atoms in total. The summed E-state index contributed by atoms with van der Waals surface area (Å²) in [5, 5.41) is 2.59. The number of nitrogens with two attached hydrogens (primary N) is 1. The van der Waals surface area contributed by atoms with Gasteiger partial charge in [0.05, 0.1) is 13.2 Å². The molecule has 1 fully saturated rings. The Bertz CT molecular complexity index is 485. The van der Waals surface area contributed by atoms with Gasteiger partial charge in [-0.1, -0.05) is 11.0 Å². The average Bonchev–Trinajstić information content (AvgIpc) is 2.81. The maximum atomic E-state index is 12.0. The SMILES string of the molecule is C=C/C(=C\C=C(/N)S(=O)(=O)N1CC(S)CO1)NCC. The smallest absolute Gasteiger partial charge is 0.279 e. The van der Waals surface area contributed by atoms with Gasteiger partial charge in [-0.2, -0.15) is 12.6 Å². The highest BCUT2D eigenvalue weighted by Crippen LogP contribution is 2.18. The zero-order chi connectivity index (χ0) is 14.5. The number of sulfonamides is 1. The molecular weight excluding hydrogens is 286 g/mol. The van der Waals surface area contributed by atoms with Crippen molar-refractivity contribution in [1.82, 2.24) is 9.79 Å². The summed E-state index contributed by atoms with van der Waals surface area (Å²) in [4.78, 5) is 5.02. The van der Waals surface area contributed by atoms with Crippen LogP contribution in [0.4, 0.5) is 0 Å². The second kappa shape index (κ2) is 6.99. The summed E-state index contributed by atoms with van der Waals surface area (Å²) in [6.45, 7) is 6.67. The van der Waals surface area contributed by atoms with Gasteiger partial charge >= 0.3 is 0 Å². The molecule has 1 rings (SSSR count). The summed E-state index contributed by atoms with van der Waals surface area (Å²) in [5.41, 5.74) is 6.29. The van der Waals surface area contributed by atoms with Gasteiger partial charge in [0.2, 0.25) is 0 Å². The van der Waals surface area contributed by atoms with Gasteiger partial charge in [-0.3, -0.25) is 4.84 Å². The molecule has 0 radical (unpaired) electrons. The highest BCUT2D eigenvalue weighted by atomic mass is 32.2. The van der Waals surface area contributed by atoms with E-state index in [2.05, 4.69) is 24.5 Å². The molecular formula is C11H19N3O3S2. The van der Waals surface area contributed by atoms with E-state index in [-0.39, 0.29) is 23.4 Å². The number of hydroxylamine groups is 1. The molecule has 1 saturated heterocycles. The van der Waals surface area contributed by atoms with E-state index in [9.17, 15) is 8.42 Å². The second-order valence-electron chi connectivity index (χ2n) is 3.87. The van der Waals surface area contributed by atoms with E-state index in [1.165, 1.54) is 6.08 Å². The first-order chi connectivity index (χ1) is 8.91. The van der Waals surface area contributed by atoms with Crippen molar-refractivity contribution in [1.29, 1.82) is 0 Å². The molecule has 0 bridgehead atoms. The minimum Gasteiger partial charge on any atom is -0.388 e. The molecule has 1 aliphatic heterocycles. The zero-order valence-corrected chi connectivity index (χ0v) is 12.5. The normalized spacial score (nSPS) is 22.5. The lowest BCUT2D eigenvalue weighted by atomic mass is 10.3. The monoisotopic (exact) mass is 305 g/mol. The molecule has 0 aliphatic carbocycles. The minimum atomic E-state index is -3.80. The summed E-state index contributed by atoms with van der Waals surface area (Å²) in [7, 11) is -3.80. The molecule has 0 aromatic carbocycles. The maximum absolute atomic E-state index is 12.0. The number of nitrogens with one attached hydrogen (secondary N) is 1. The number of likely N-dealkylation sites (N-methyl/N-ethyl adjacent to an activating group) is 1. The summed E-state index contributed by atoms with van der Waals surface area (Å²) >= 11 is 4.15. The third kappa shape index (κ3) is 4.27. The molecule has 0 spiro atoms. The fraction of sp³-hybridized carbons (Fsp3) is 0.455. The quantitative estimate of drug-likeness (QED) is 0.487. The van der Waals surface area contributed by atoms with Crippen LogP contribution in [0.15, 0.2) is 35.5 Å². The van der Waals surface area contributed by atoms with E-state index in [4.69, 9.17) is 10.6 Å². The zero-order valence-electron chi connectivity index (χ0n) is 10.7. The van der Waals surface area contributed by atoms with Gasteiger partial charge in [-0.05, 0) is 25.2 Å². The molecule has 1 aliphatic rings. The Morgan fingerprint density at radius 1 is 1.63 bits per heavy atom. The van der Waals surface area contributed by atoms with E-state index in [1.807, 2.05) is 6.92 Å². The lowest BCUT2D eigenvalue weighted by Gasteiger charge is -2.13. The fourth-order valence-electron chi connectivity index (χ4n) is 1.39. The van der Waals surface area contributed by atoms with Crippen LogP contribution in [0.1, 0.15) is 6.92 Å². The Kier molecular flexibility index (Phi) is 5.92. The van der Waals surface area contributed by atoms with Crippen LogP contribution >= 0.6 is 12.6 Å². The Balaban J connectivity index is 2.86. The highest BCUT2D eigenvalue weighted by Gasteiger charge is 2.32. The van der Waals surface area contributed by atoms with Gasteiger partial charge < -0.3 is 11.1 Å². The summed E-state index contributed by atoms with van der Waals surface area (Å²) < 4.78 is 24.9. The number of hydrogen-bond acceptors (Lipinski definition) is 6. The number of hydrogen-bond donors (Lipinski definition) is 3. The van der Waals surface area contributed by atoms with Gasteiger partial charge in [0, 0.05) is 17.5 Å². The Hall–Kier alpha value is -0.960. The molecule has 108 valence electrons. The topological polar surface area (TPSA) is 84.7 Å². The lowest BCUT2D eigenvalue weighted by molar-refractivity contribution is -0.0274. The molecule has 0 saturated carbocycles. The number of nitrogens with zero attached hydrogens (tertiary/aromatic N) is 1. The van der Waals surface area contributed by atoms with Gasteiger partial charge in [-0.15, -0.1) is 0 Å². The fourth-order valence-corrected chi connectivity index (χ4v) is 2.77.